The molecular weight excluding hydrogens is 539 g/mol. The molecule has 39 heavy (non-hydrogen) atoms. The van der Waals surface area contributed by atoms with Gasteiger partial charge < -0.3 is 40.8 Å². The summed E-state index contributed by atoms with van der Waals surface area (Å²) in [5.74, 6) is -5.93. The first kappa shape index (κ1) is 33.1. The molecule has 0 saturated heterocycles. The smallest absolute Gasteiger partial charge is 0.480 e. The van der Waals surface area contributed by atoms with Crippen molar-refractivity contribution in [2.24, 2.45) is 11.5 Å². The Morgan fingerprint density at radius 3 is 1.95 bits per heavy atom. The predicted octanol–water partition coefficient (Wildman–Crippen LogP) is 0.289. The molecule has 0 aliphatic carbocycles. The summed E-state index contributed by atoms with van der Waals surface area (Å²) in [6.45, 7) is 3.77. The Morgan fingerprint density at radius 2 is 1.49 bits per heavy atom. The second-order valence-electron chi connectivity index (χ2n) is 8.43. The fourth-order valence-corrected chi connectivity index (χ4v) is 4.28. The van der Waals surface area contributed by atoms with Crippen LogP contribution in [0, 0.1) is 0 Å². The molecule has 0 radical (unpaired) electrons. The maximum atomic E-state index is 12.7. The number of phosphoric acid groups is 1. The minimum atomic E-state index is -4.56. The number of carboxylic acid groups (broad SMARTS) is 1. The molecule has 0 spiro atoms. The van der Waals surface area contributed by atoms with Crippen molar-refractivity contribution in [3.8, 4) is 5.75 Å². The van der Waals surface area contributed by atoms with E-state index in [1.54, 1.807) is 0 Å². The van der Waals surface area contributed by atoms with Gasteiger partial charge in [0.2, 0.25) is 17.7 Å². The number of hydrogen-bond acceptors (Lipinski definition) is 11. The van der Waals surface area contributed by atoms with E-state index in [-0.39, 0.29) is 18.6 Å². The van der Waals surface area contributed by atoms with Gasteiger partial charge in [0.1, 0.15) is 17.8 Å². The first-order valence-electron chi connectivity index (χ1n) is 11.8. The zero-order chi connectivity index (χ0) is 29.8. The Bertz CT molecular complexity index is 1090. The van der Waals surface area contributed by atoms with Crippen LogP contribution in [0.2, 0.25) is 0 Å². The zero-order valence-corrected chi connectivity index (χ0v) is 22.6. The van der Waals surface area contributed by atoms with Crippen molar-refractivity contribution >= 4 is 43.5 Å². The molecule has 15 nitrogen and oxygen atoms in total. The summed E-state index contributed by atoms with van der Waals surface area (Å²) in [5.41, 5.74) is 11.6. The monoisotopic (exact) mass is 572 g/mol. The molecule has 0 fully saturated rings. The molecule has 0 aromatic heterocycles. The van der Waals surface area contributed by atoms with Gasteiger partial charge in [-0.1, -0.05) is 31.9 Å². The summed E-state index contributed by atoms with van der Waals surface area (Å²) in [5, 5.41) is 13.9. The molecule has 0 heterocycles. The van der Waals surface area contributed by atoms with Crippen LogP contribution in [-0.2, 0) is 48.8 Å². The number of hydrogen-bond donors (Lipinski definition) is 5. The maximum absolute atomic E-state index is 12.7. The van der Waals surface area contributed by atoms with Gasteiger partial charge in [-0.2, -0.15) is 4.57 Å². The Hall–Kier alpha value is -3.97. The van der Waals surface area contributed by atoms with Crippen LogP contribution in [-0.4, -0.2) is 58.9 Å². The molecule has 0 bridgehead atoms. The summed E-state index contributed by atoms with van der Waals surface area (Å²) >= 11 is 0. The van der Waals surface area contributed by atoms with Crippen molar-refractivity contribution in [3.05, 3.63) is 29.8 Å². The molecule has 216 valence electrons. The summed E-state index contributed by atoms with van der Waals surface area (Å²) in [4.78, 5) is 70.2. The molecular formula is C23H33N4O11P. The van der Waals surface area contributed by atoms with Crippen molar-refractivity contribution in [1.29, 1.82) is 0 Å². The van der Waals surface area contributed by atoms with Crippen molar-refractivity contribution < 1.29 is 52.0 Å². The second-order valence-corrected chi connectivity index (χ2v) is 9.87. The predicted molar refractivity (Wildman–Crippen MR) is 135 cm³/mol. The highest BCUT2D eigenvalue weighted by Gasteiger charge is 2.35. The van der Waals surface area contributed by atoms with Crippen LogP contribution >= 0.6 is 7.82 Å². The lowest BCUT2D eigenvalue weighted by Gasteiger charge is -2.22. The van der Waals surface area contributed by atoms with Gasteiger partial charge in [-0.25, -0.2) is 4.79 Å². The number of carbonyl (C=O) groups is 6. The molecule has 1 aromatic rings. The van der Waals surface area contributed by atoms with Gasteiger partial charge >= 0.3 is 25.7 Å². The van der Waals surface area contributed by atoms with E-state index in [4.69, 9.17) is 16.0 Å². The van der Waals surface area contributed by atoms with Crippen LogP contribution < -0.4 is 26.6 Å². The topological polar surface area (TPSA) is 244 Å². The van der Waals surface area contributed by atoms with E-state index >= 15 is 0 Å². The van der Waals surface area contributed by atoms with E-state index in [9.17, 15) is 38.4 Å². The Balaban J connectivity index is 2.88. The lowest BCUT2D eigenvalue weighted by Crippen LogP contribution is -2.55. The Morgan fingerprint density at radius 1 is 0.949 bits per heavy atom. The summed E-state index contributed by atoms with van der Waals surface area (Å²) in [6.07, 6.45) is 0.796. The SMILES string of the molecule is CCCCC(NC(=O)C(N)Cc1ccc(OP(=O)(OC(C)=O)OC(C)=O)cc1)C(=O)NC(CC(N)=O)C(=O)O. The van der Waals surface area contributed by atoms with Crippen molar-refractivity contribution in [3.63, 3.8) is 0 Å². The number of rotatable bonds is 16. The Labute approximate surface area is 224 Å². The van der Waals surface area contributed by atoms with Gasteiger partial charge in [-0.3, -0.25) is 24.0 Å². The van der Waals surface area contributed by atoms with Gasteiger partial charge in [0.15, 0.2) is 0 Å². The standard InChI is InChI=1S/C23H33N4O11P/c1-4-5-6-18(22(32)27-19(23(33)34)12-20(25)30)26-21(31)17(24)11-15-7-9-16(10-8-15)38-39(35,36-13(2)28)37-14(3)29/h7-10,17-19H,4-6,11-12,24H2,1-3H3,(H2,25,30)(H,26,31)(H,27,32)(H,33,34). The third-order valence-corrected chi connectivity index (χ3v) is 6.31. The van der Waals surface area contributed by atoms with Crippen LogP contribution in [0.5, 0.6) is 5.75 Å². The Kier molecular flexibility index (Phi) is 13.1. The third-order valence-electron chi connectivity index (χ3n) is 4.91. The number of benzene rings is 1. The molecule has 1 aromatic carbocycles. The van der Waals surface area contributed by atoms with Gasteiger partial charge in [0.25, 0.3) is 0 Å². The highest BCUT2D eigenvalue weighted by Crippen LogP contribution is 2.49. The summed E-state index contributed by atoms with van der Waals surface area (Å²) in [6, 6.07) is 1.80. The number of unbranched alkanes of at least 4 members (excludes halogenated alkanes) is 1. The number of nitrogens with two attached hydrogens (primary N) is 2. The first-order valence-corrected chi connectivity index (χ1v) is 13.3. The molecule has 16 heteroatoms. The van der Waals surface area contributed by atoms with E-state index in [1.165, 1.54) is 24.3 Å². The van der Waals surface area contributed by atoms with Crippen molar-refractivity contribution in [2.75, 3.05) is 0 Å². The lowest BCUT2D eigenvalue weighted by atomic mass is 10.0. The van der Waals surface area contributed by atoms with Crippen LogP contribution in [0.25, 0.3) is 0 Å². The number of aliphatic carboxylic acids is 1. The second kappa shape index (κ2) is 15.4. The van der Waals surface area contributed by atoms with Crippen molar-refractivity contribution in [2.45, 2.75) is 71.0 Å². The van der Waals surface area contributed by atoms with Crippen LogP contribution in [0.1, 0.15) is 52.0 Å². The minimum Gasteiger partial charge on any atom is -0.480 e. The molecule has 1 rings (SSSR count). The average molecular weight is 573 g/mol. The summed E-state index contributed by atoms with van der Waals surface area (Å²) < 4.78 is 26.6. The quantitative estimate of drug-likeness (QED) is 0.168. The van der Waals surface area contributed by atoms with E-state index < -0.39 is 68.0 Å². The van der Waals surface area contributed by atoms with Crippen LogP contribution in [0.4, 0.5) is 0 Å². The number of primary amides is 1. The largest absolute Gasteiger partial charge is 0.651 e. The average Bonchev–Trinajstić information content (AvgIpc) is 2.80. The first-order chi connectivity index (χ1) is 18.2. The number of carboxylic acids is 1. The van der Waals surface area contributed by atoms with Gasteiger partial charge in [-0.05, 0) is 30.5 Å². The number of carbonyl (C=O) groups excluding carboxylic acids is 5. The lowest BCUT2D eigenvalue weighted by molar-refractivity contribution is -0.143. The number of phosphoric ester groups is 1. The zero-order valence-electron chi connectivity index (χ0n) is 21.7. The summed E-state index contributed by atoms with van der Waals surface area (Å²) in [7, 11) is -4.56. The highest BCUT2D eigenvalue weighted by atomic mass is 31.2. The van der Waals surface area contributed by atoms with Crippen LogP contribution in [0.15, 0.2) is 24.3 Å². The third kappa shape index (κ3) is 12.4. The molecule has 0 aliphatic heterocycles. The van der Waals surface area contributed by atoms with Gasteiger partial charge in [0, 0.05) is 13.8 Å². The van der Waals surface area contributed by atoms with Gasteiger partial charge in [-0.15, -0.1) is 0 Å². The molecule has 3 atom stereocenters. The highest BCUT2D eigenvalue weighted by molar-refractivity contribution is 7.50. The van der Waals surface area contributed by atoms with Crippen molar-refractivity contribution in [1.82, 2.24) is 10.6 Å². The fraction of sp³-hybridized carbons (Fsp3) is 0.478. The number of amides is 3. The molecule has 3 unspecified atom stereocenters. The number of nitrogens with one attached hydrogen (secondary N) is 2. The fourth-order valence-electron chi connectivity index (χ4n) is 3.16. The molecule has 3 amide bonds. The normalized spacial score (nSPS) is 13.2. The molecule has 0 saturated carbocycles. The van der Waals surface area contributed by atoms with E-state index in [1.807, 2.05) is 6.92 Å². The van der Waals surface area contributed by atoms with E-state index in [0.717, 1.165) is 13.8 Å². The minimum absolute atomic E-state index is 0.000785. The van der Waals surface area contributed by atoms with E-state index in [2.05, 4.69) is 19.7 Å². The molecule has 7 N–H and O–H groups in total. The van der Waals surface area contributed by atoms with E-state index in [0.29, 0.717) is 18.4 Å². The maximum Gasteiger partial charge on any atom is 0.651 e. The van der Waals surface area contributed by atoms with Gasteiger partial charge in [0.05, 0.1) is 12.5 Å². The van der Waals surface area contributed by atoms with Crippen LogP contribution in [0.3, 0.4) is 0 Å². The molecule has 0 aliphatic rings.